The molecule has 1 heterocycles. The number of carbonyl (C=O) groups excluding carboxylic acids is 1. The molecule has 1 amide bonds. The van der Waals surface area contributed by atoms with Gasteiger partial charge in [0.05, 0.1) is 25.1 Å². The summed E-state index contributed by atoms with van der Waals surface area (Å²) in [5, 5.41) is 12.4. The van der Waals surface area contributed by atoms with E-state index in [0.717, 1.165) is 35.4 Å². The van der Waals surface area contributed by atoms with Gasteiger partial charge in [0, 0.05) is 5.56 Å². The van der Waals surface area contributed by atoms with E-state index in [2.05, 4.69) is 22.2 Å². The fourth-order valence-electron chi connectivity index (χ4n) is 2.90. The van der Waals surface area contributed by atoms with Gasteiger partial charge in [-0.25, -0.2) is 9.78 Å². The van der Waals surface area contributed by atoms with Crippen LogP contribution in [0.5, 0.6) is 5.75 Å². The first-order chi connectivity index (χ1) is 14.7. The number of imidazole rings is 1. The molecule has 0 saturated heterocycles. The second-order valence-corrected chi connectivity index (χ2v) is 6.82. The van der Waals surface area contributed by atoms with E-state index in [1.807, 2.05) is 54.6 Å². The van der Waals surface area contributed by atoms with Gasteiger partial charge in [-0.05, 0) is 24.1 Å². The number of nitrogens with zero attached hydrogens (tertiary/aromatic N) is 1. The molecule has 3 N–H and O–H groups in total. The highest BCUT2D eigenvalue weighted by Gasteiger charge is 2.19. The molecule has 0 aliphatic heterocycles. The minimum absolute atomic E-state index is 0.150. The number of benzene rings is 2. The van der Waals surface area contributed by atoms with E-state index in [4.69, 9.17) is 9.47 Å². The molecular weight excluding hydrogens is 382 g/mol. The molecule has 3 aromatic rings. The van der Waals surface area contributed by atoms with Crippen molar-refractivity contribution >= 4 is 6.09 Å². The van der Waals surface area contributed by atoms with Gasteiger partial charge in [-0.3, -0.25) is 0 Å². The van der Waals surface area contributed by atoms with Crippen LogP contribution in [0.4, 0.5) is 4.79 Å². The van der Waals surface area contributed by atoms with Crippen LogP contribution in [0.2, 0.25) is 0 Å². The minimum Gasteiger partial charge on any atom is -0.493 e. The lowest BCUT2D eigenvalue weighted by molar-refractivity contribution is 0.128. The molecule has 0 radical (unpaired) electrons. The van der Waals surface area contributed by atoms with Crippen LogP contribution in [0.1, 0.15) is 37.2 Å². The first kappa shape index (κ1) is 21.4. The number of carbonyl (C=O) groups is 1. The second kappa shape index (κ2) is 11.0. The van der Waals surface area contributed by atoms with Crippen molar-refractivity contribution in [1.29, 1.82) is 0 Å². The number of aromatic nitrogens is 2. The predicted molar refractivity (Wildman–Crippen MR) is 114 cm³/mol. The van der Waals surface area contributed by atoms with Gasteiger partial charge in [-0.15, -0.1) is 0 Å². The molecule has 0 aliphatic carbocycles. The zero-order valence-electron chi connectivity index (χ0n) is 17.0. The Morgan fingerprint density at radius 2 is 1.93 bits per heavy atom. The summed E-state index contributed by atoms with van der Waals surface area (Å²) < 4.78 is 11.1. The number of hydrogen-bond donors (Lipinski definition) is 3. The molecule has 0 bridgehead atoms. The van der Waals surface area contributed by atoms with Crippen LogP contribution < -0.4 is 10.1 Å². The zero-order valence-corrected chi connectivity index (χ0v) is 17.0. The number of ether oxygens (including phenoxy) is 2. The fourth-order valence-corrected chi connectivity index (χ4v) is 2.90. The number of aliphatic hydroxyl groups is 1. The maximum Gasteiger partial charge on any atom is 0.408 e. The Morgan fingerprint density at radius 1 is 1.17 bits per heavy atom. The molecule has 0 aliphatic rings. The Balaban J connectivity index is 1.64. The van der Waals surface area contributed by atoms with Crippen molar-refractivity contribution in [1.82, 2.24) is 15.3 Å². The summed E-state index contributed by atoms with van der Waals surface area (Å²) in [4.78, 5) is 19.6. The number of hydrogen-bond acceptors (Lipinski definition) is 5. The standard InChI is InChI=1S/C23H27N3O4/c1-2-3-13-29-21-12-8-7-11-18(21)19-14-24-22(25-19)20(15-27)26-23(28)30-16-17-9-5-4-6-10-17/h4-12,14,20,27H,2-3,13,15-16H2,1H3,(H,24,25)(H,26,28)/t20-/m0/s1. The van der Waals surface area contributed by atoms with Crippen molar-refractivity contribution < 1.29 is 19.4 Å². The monoisotopic (exact) mass is 409 g/mol. The molecule has 1 atom stereocenters. The number of nitrogens with one attached hydrogen (secondary N) is 2. The normalized spacial score (nSPS) is 11.7. The Kier molecular flexibility index (Phi) is 7.86. The van der Waals surface area contributed by atoms with Gasteiger partial charge in [0.2, 0.25) is 0 Å². The average Bonchev–Trinajstić information content (AvgIpc) is 3.27. The molecule has 0 fully saturated rings. The molecule has 30 heavy (non-hydrogen) atoms. The molecule has 1 aromatic heterocycles. The average molecular weight is 409 g/mol. The molecule has 7 nitrogen and oxygen atoms in total. The van der Waals surface area contributed by atoms with E-state index >= 15 is 0 Å². The van der Waals surface area contributed by atoms with Gasteiger partial charge in [0.25, 0.3) is 0 Å². The third kappa shape index (κ3) is 5.84. The number of H-pyrrole nitrogens is 1. The second-order valence-electron chi connectivity index (χ2n) is 6.82. The third-order valence-corrected chi connectivity index (χ3v) is 4.55. The fraction of sp³-hybridized carbons (Fsp3) is 0.304. The lowest BCUT2D eigenvalue weighted by Gasteiger charge is -2.14. The minimum atomic E-state index is -0.713. The molecule has 0 unspecified atom stereocenters. The van der Waals surface area contributed by atoms with Crippen molar-refractivity contribution in [2.45, 2.75) is 32.4 Å². The number of amides is 1. The van der Waals surface area contributed by atoms with Crippen LogP contribution in [0.3, 0.4) is 0 Å². The summed E-state index contributed by atoms with van der Waals surface area (Å²) in [6, 6.07) is 16.4. The van der Waals surface area contributed by atoms with E-state index in [1.54, 1.807) is 6.20 Å². The van der Waals surface area contributed by atoms with Gasteiger partial charge < -0.3 is 24.9 Å². The largest absolute Gasteiger partial charge is 0.493 e. The van der Waals surface area contributed by atoms with E-state index in [9.17, 15) is 9.90 Å². The molecule has 0 saturated carbocycles. The van der Waals surface area contributed by atoms with Crippen molar-refractivity contribution in [2.24, 2.45) is 0 Å². The molecule has 3 rings (SSSR count). The first-order valence-electron chi connectivity index (χ1n) is 10.1. The summed E-state index contributed by atoms with van der Waals surface area (Å²) in [7, 11) is 0. The quantitative estimate of drug-likeness (QED) is 0.436. The summed E-state index contributed by atoms with van der Waals surface area (Å²) in [6.45, 7) is 2.59. The topological polar surface area (TPSA) is 96.5 Å². The van der Waals surface area contributed by atoms with E-state index < -0.39 is 12.1 Å². The van der Waals surface area contributed by atoms with Crippen molar-refractivity contribution in [3.05, 3.63) is 72.2 Å². The Bertz CT molecular complexity index is 927. The lowest BCUT2D eigenvalue weighted by atomic mass is 10.1. The highest BCUT2D eigenvalue weighted by atomic mass is 16.5. The van der Waals surface area contributed by atoms with E-state index in [1.165, 1.54) is 0 Å². The van der Waals surface area contributed by atoms with Gasteiger partial charge >= 0.3 is 6.09 Å². The number of rotatable bonds is 10. The Labute approximate surface area is 176 Å². The maximum absolute atomic E-state index is 12.1. The van der Waals surface area contributed by atoms with Crippen LogP contribution >= 0.6 is 0 Å². The lowest BCUT2D eigenvalue weighted by Crippen LogP contribution is -2.32. The molecule has 2 aromatic carbocycles. The predicted octanol–water partition coefficient (Wildman–Crippen LogP) is 4.22. The van der Waals surface area contributed by atoms with Gasteiger partial charge in [-0.1, -0.05) is 55.8 Å². The van der Waals surface area contributed by atoms with Crippen LogP contribution in [0.15, 0.2) is 60.8 Å². The van der Waals surface area contributed by atoms with Crippen LogP contribution in [-0.4, -0.2) is 34.4 Å². The van der Waals surface area contributed by atoms with Crippen LogP contribution in [0.25, 0.3) is 11.3 Å². The Hall–Kier alpha value is -3.32. The smallest absolute Gasteiger partial charge is 0.408 e. The highest BCUT2D eigenvalue weighted by molar-refractivity contribution is 5.68. The van der Waals surface area contributed by atoms with E-state index in [-0.39, 0.29) is 13.2 Å². The van der Waals surface area contributed by atoms with Gasteiger partial charge in [0.15, 0.2) is 0 Å². The molecule has 7 heteroatoms. The maximum atomic E-state index is 12.1. The molecular formula is C23H27N3O4. The number of aliphatic hydroxyl groups excluding tert-OH is 1. The number of unbranched alkanes of at least 4 members (excludes halogenated alkanes) is 1. The Morgan fingerprint density at radius 3 is 2.70 bits per heavy atom. The van der Waals surface area contributed by atoms with Crippen molar-refractivity contribution in [3.8, 4) is 17.0 Å². The molecule has 158 valence electrons. The van der Waals surface area contributed by atoms with Gasteiger partial charge in [0.1, 0.15) is 24.2 Å². The van der Waals surface area contributed by atoms with E-state index in [0.29, 0.717) is 12.4 Å². The zero-order chi connectivity index (χ0) is 21.2. The summed E-state index contributed by atoms with van der Waals surface area (Å²) >= 11 is 0. The first-order valence-corrected chi connectivity index (χ1v) is 10.1. The molecule has 0 spiro atoms. The summed E-state index contributed by atoms with van der Waals surface area (Å²) in [6.07, 6.45) is 3.07. The number of aromatic amines is 1. The number of para-hydroxylation sites is 1. The number of alkyl carbamates (subject to hydrolysis) is 1. The van der Waals surface area contributed by atoms with Crippen molar-refractivity contribution in [2.75, 3.05) is 13.2 Å². The van der Waals surface area contributed by atoms with Crippen LogP contribution in [0, 0.1) is 0 Å². The van der Waals surface area contributed by atoms with Crippen molar-refractivity contribution in [3.63, 3.8) is 0 Å². The highest BCUT2D eigenvalue weighted by Crippen LogP contribution is 2.29. The summed E-state index contributed by atoms with van der Waals surface area (Å²) in [5.74, 6) is 1.20. The SMILES string of the molecule is CCCCOc1ccccc1-c1cnc([C@H](CO)NC(=O)OCc2ccccc2)[nH]1. The van der Waals surface area contributed by atoms with Crippen LogP contribution in [-0.2, 0) is 11.3 Å². The summed E-state index contributed by atoms with van der Waals surface area (Å²) in [5.41, 5.74) is 2.50. The third-order valence-electron chi connectivity index (χ3n) is 4.55. The van der Waals surface area contributed by atoms with Gasteiger partial charge in [-0.2, -0.15) is 0 Å².